The van der Waals surface area contributed by atoms with Crippen LogP contribution in [0.4, 0.5) is 11.4 Å². The molecule has 0 heterocycles. The van der Waals surface area contributed by atoms with E-state index in [9.17, 15) is 24.3 Å². The van der Waals surface area contributed by atoms with E-state index in [1.54, 1.807) is 6.92 Å². The first-order valence-corrected chi connectivity index (χ1v) is 13.1. The molecule has 8 nitrogen and oxygen atoms in total. The number of nitrogens with one attached hydrogen (secondary N) is 3. The standard InChI is InChI=1S/C20H26I3N3O5/c1-4-7-11(27)25-17-14(21)13(19(29)24-9-10(6-3)20(30)31)15(22)18(16(17)23)26-12(28)8-5-2/h10H,4-9H2,1-3H3,(H,24,29)(H,25,27)(H,26,28)(H,30,31). The Kier molecular flexibility index (Phi) is 12.6. The predicted molar refractivity (Wildman–Crippen MR) is 145 cm³/mol. The molecule has 0 aliphatic heterocycles. The van der Waals surface area contributed by atoms with Gasteiger partial charge < -0.3 is 21.1 Å². The van der Waals surface area contributed by atoms with Crippen molar-refractivity contribution < 1.29 is 24.3 Å². The Hall–Kier alpha value is -0.710. The Labute approximate surface area is 222 Å². The van der Waals surface area contributed by atoms with Crippen LogP contribution in [0.1, 0.15) is 63.2 Å². The van der Waals surface area contributed by atoms with Crippen LogP contribution in [0.3, 0.4) is 0 Å². The van der Waals surface area contributed by atoms with E-state index < -0.39 is 17.8 Å². The molecule has 0 fully saturated rings. The van der Waals surface area contributed by atoms with Crippen molar-refractivity contribution in [3.05, 3.63) is 16.3 Å². The fourth-order valence-electron chi connectivity index (χ4n) is 2.65. The number of amides is 3. The molecule has 1 atom stereocenters. The van der Waals surface area contributed by atoms with Crippen molar-refractivity contribution in [2.75, 3.05) is 17.2 Å². The molecule has 0 aliphatic carbocycles. The highest BCUT2D eigenvalue weighted by Gasteiger charge is 2.27. The zero-order chi connectivity index (χ0) is 23.7. The van der Waals surface area contributed by atoms with Crippen LogP contribution < -0.4 is 16.0 Å². The van der Waals surface area contributed by atoms with Crippen molar-refractivity contribution in [1.29, 1.82) is 0 Å². The number of carbonyl (C=O) groups is 4. The van der Waals surface area contributed by atoms with E-state index in [-0.39, 0.29) is 18.4 Å². The topological polar surface area (TPSA) is 125 Å². The number of rotatable bonds is 11. The van der Waals surface area contributed by atoms with Crippen LogP contribution in [0.15, 0.2) is 0 Å². The summed E-state index contributed by atoms with van der Waals surface area (Å²) >= 11 is 6.06. The van der Waals surface area contributed by atoms with Gasteiger partial charge in [-0.1, -0.05) is 20.8 Å². The molecule has 0 saturated heterocycles. The summed E-state index contributed by atoms with van der Waals surface area (Å²) in [7, 11) is 0. The van der Waals surface area contributed by atoms with E-state index in [2.05, 4.69) is 38.5 Å². The van der Waals surface area contributed by atoms with Crippen molar-refractivity contribution in [1.82, 2.24) is 5.32 Å². The Morgan fingerprint density at radius 2 is 1.29 bits per heavy atom. The first-order chi connectivity index (χ1) is 14.6. The molecule has 0 bridgehead atoms. The van der Waals surface area contributed by atoms with Crippen molar-refractivity contribution in [3.63, 3.8) is 0 Å². The second kappa shape index (κ2) is 13.7. The van der Waals surface area contributed by atoms with Crippen molar-refractivity contribution in [2.24, 2.45) is 5.92 Å². The number of hydrogen-bond acceptors (Lipinski definition) is 4. The van der Waals surface area contributed by atoms with Crippen LogP contribution in [0.25, 0.3) is 0 Å². The van der Waals surface area contributed by atoms with Crippen LogP contribution in [0.2, 0.25) is 0 Å². The third-order valence-electron chi connectivity index (χ3n) is 4.38. The quantitative estimate of drug-likeness (QED) is 0.241. The van der Waals surface area contributed by atoms with Crippen molar-refractivity contribution >= 4 is 103 Å². The summed E-state index contributed by atoms with van der Waals surface area (Å²) in [4.78, 5) is 48.9. The van der Waals surface area contributed by atoms with E-state index in [4.69, 9.17) is 0 Å². The van der Waals surface area contributed by atoms with Gasteiger partial charge in [-0.25, -0.2) is 0 Å². The lowest BCUT2D eigenvalue weighted by Gasteiger charge is -2.20. The average molecular weight is 769 g/mol. The van der Waals surface area contributed by atoms with Gasteiger partial charge in [0.05, 0.1) is 33.6 Å². The molecule has 1 aromatic rings. The van der Waals surface area contributed by atoms with Gasteiger partial charge in [-0.15, -0.1) is 0 Å². The summed E-state index contributed by atoms with van der Waals surface area (Å²) in [5.41, 5.74) is 1.21. The highest BCUT2D eigenvalue weighted by atomic mass is 127. The number of carbonyl (C=O) groups excluding carboxylic acids is 3. The maximum Gasteiger partial charge on any atom is 0.308 e. The van der Waals surface area contributed by atoms with Crippen LogP contribution in [-0.4, -0.2) is 35.3 Å². The van der Waals surface area contributed by atoms with E-state index in [1.807, 2.05) is 59.0 Å². The fourth-order valence-corrected chi connectivity index (χ4v) is 6.85. The zero-order valence-electron chi connectivity index (χ0n) is 17.5. The molecule has 0 spiro atoms. The maximum atomic E-state index is 13.0. The van der Waals surface area contributed by atoms with Gasteiger partial charge in [0, 0.05) is 19.4 Å². The lowest BCUT2D eigenvalue weighted by atomic mass is 10.1. The van der Waals surface area contributed by atoms with Gasteiger partial charge in [-0.3, -0.25) is 19.2 Å². The SMILES string of the molecule is CCCC(=O)Nc1c(I)c(NC(=O)CCC)c(I)c(C(=O)NCC(CC)C(=O)O)c1I. The van der Waals surface area contributed by atoms with Gasteiger partial charge in [0.2, 0.25) is 11.8 Å². The van der Waals surface area contributed by atoms with Crippen molar-refractivity contribution in [2.45, 2.75) is 52.9 Å². The molecule has 4 N–H and O–H groups in total. The summed E-state index contributed by atoms with van der Waals surface area (Å²) in [6.45, 7) is 5.51. The molecule has 0 aliphatic rings. The van der Waals surface area contributed by atoms with Crippen LogP contribution in [0.5, 0.6) is 0 Å². The van der Waals surface area contributed by atoms with Gasteiger partial charge in [-0.05, 0) is 87.0 Å². The number of carboxylic acid groups (broad SMARTS) is 1. The predicted octanol–water partition coefficient (Wildman–Crippen LogP) is 4.82. The number of halogens is 3. The van der Waals surface area contributed by atoms with E-state index in [0.717, 1.165) is 0 Å². The summed E-state index contributed by atoms with van der Waals surface area (Å²) < 4.78 is 1.70. The minimum Gasteiger partial charge on any atom is -0.481 e. The summed E-state index contributed by atoms with van der Waals surface area (Å²) in [6, 6.07) is 0. The van der Waals surface area contributed by atoms with E-state index >= 15 is 0 Å². The minimum absolute atomic E-state index is 0.0160. The monoisotopic (exact) mass is 769 g/mol. The Morgan fingerprint density at radius 1 is 0.839 bits per heavy atom. The molecule has 0 aromatic heterocycles. The van der Waals surface area contributed by atoms with Crippen molar-refractivity contribution in [3.8, 4) is 0 Å². The molecule has 172 valence electrons. The zero-order valence-corrected chi connectivity index (χ0v) is 24.0. The molecular formula is C20H26I3N3O5. The number of hydrogen-bond donors (Lipinski definition) is 4. The Bertz CT molecular complexity index is 814. The summed E-state index contributed by atoms with van der Waals surface area (Å²) in [5, 5.41) is 17.6. The summed E-state index contributed by atoms with van der Waals surface area (Å²) in [6.07, 6.45) is 2.38. The number of anilines is 2. The average Bonchev–Trinajstić information content (AvgIpc) is 2.69. The molecule has 1 rings (SSSR count). The molecular weight excluding hydrogens is 743 g/mol. The number of benzene rings is 1. The molecule has 1 aromatic carbocycles. The highest BCUT2D eigenvalue weighted by Crippen LogP contribution is 2.39. The van der Waals surface area contributed by atoms with Crippen LogP contribution in [-0.2, 0) is 14.4 Å². The lowest BCUT2D eigenvalue weighted by Crippen LogP contribution is -2.34. The Morgan fingerprint density at radius 3 is 1.65 bits per heavy atom. The largest absolute Gasteiger partial charge is 0.481 e. The van der Waals surface area contributed by atoms with E-state index in [1.165, 1.54) is 0 Å². The van der Waals surface area contributed by atoms with E-state index in [0.29, 0.717) is 59.8 Å². The van der Waals surface area contributed by atoms with Gasteiger partial charge in [0.15, 0.2) is 0 Å². The molecule has 0 radical (unpaired) electrons. The number of aliphatic carboxylic acids is 1. The fraction of sp³-hybridized carbons (Fsp3) is 0.500. The van der Waals surface area contributed by atoms with Gasteiger partial charge in [0.1, 0.15) is 0 Å². The normalized spacial score (nSPS) is 11.5. The second-order valence-electron chi connectivity index (χ2n) is 6.82. The van der Waals surface area contributed by atoms with Gasteiger partial charge in [-0.2, -0.15) is 0 Å². The molecule has 31 heavy (non-hydrogen) atoms. The van der Waals surface area contributed by atoms with Gasteiger partial charge >= 0.3 is 5.97 Å². The Balaban J connectivity index is 3.46. The van der Waals surface area contributed by atoms with Gasteiger partial charge in [0.25, 0.3) is 5.91 Å². The lowest BCUT2D eigenvalue weighted by molar-refractivity contribution is -0.141. The first kappa shape index (κ1) is 28.3. The molecule has 11 heteroatoms. The molecule has 1 unspecified atom stereocenters. The number of carboxylic acids is 1. The minimum atomic E-state index is -0.977. The highest BCUT2D eigenvalue weighted by molar-refractivity contribution is 14.1. The first-order valence-electron chi connectivity index (χ1n) is 9.89. The second-order valence-corrected chi connectivity index (χ2v) is 10.1. The van der Waals surface area contributed by atoms with Crippen LogP contribution >= 0.6 is 67.8 Å². The third kappa shape index (κ3) is 7.98. The molecule has 3 amide bonds. The third-order valence-corrected chi connectivity index (χ3v) is 7.61. The molecule has 0 saturated carbocycles. The summed E-state index contributed by atoms with van der Waals surface area (Å²) in [5.74, 6) is -2.50. The smallest absolute Gasteiger partial charge is 0.308 e. The maximum absolute atomic E-state index is 13.0. The van der Waals surface area contributed by atoms with Crippen LogP contribution in [0, 0.1) is 16.6 Å².